The Morgan fingerprint density at radius 2 is 1.94 bits per heavy atom. The van der Waals surface area contributed by atoms with Crippen LogP contribution in [-0.4, -0.2) is 14.7 Å². The van der Waals surface area contributed by atoms with Crippen molar-refractivity contribution in [3.05, 3.63) is 42.5 Å². The van der Waals surface area contributed by atoms with Gasteiger partial charge in [0.25, 0.3) is 0 Å². The zero-order valence-electron chi connectivity index (χ0n) is 9.39. The molecule has 1 rings (SSSR count). The molecule has 0 saturated carbocycles. The third-order valence-corrected chi connectivity index (χ3v) is 3.55. The van der Waals surface area contributed by atoms with Crippen molar-refractivity contribution in [2.24, 2.45) is 5.73 Å². The highest BCUT2D eigenvalue weighted by Gasteiger charge is 2.09. The number of hydrogen-bond donors (Lipinski definition) is 1. The third kappa shape index (κ3) is 3.47. The van der Waals surface area contributed by atoms with Crippen molar-refractivity contribution < 1.29 is 8.42 Å². The van der Waals surface area contributed by atoms with Gasteiger partial charge in [0.15, 0.2) is 9.84 Å². The first-order chi connectivity index (χ1) is 7.45. The van der Waals surface area contributed by atoms with Gasteiger partial charge in [-0.1, -0.05) is 18.2 Å². The molecule has 0 spiro atoms. The standard InChI is InChI=1S/C12H17NO2S/c1-3-4-5-12(13)10-6-8-11(9-7-10)16(2,14)15/h3,6-9,12H,1,4-5,13H2,2H3/t12-/m1/s1. The molecule has 0 bridgehead atoms. The maximum atomic E-state index is 11.2. The van der Waals surface area contributed by atoms with E-state index in [0.29, 0.717) is 4.90 Å². The van der Waals surface area contributed by atoms with Gasteiger partial charge >= 0.3 is 0 Å². The van der Waals surface area contributed by atoms with E-state index in [9.17, 15) is 8.42 Å². The summed E-state index contributed by atoms with van der Waals surface area (Å²) in [4.78, 5) is 0.326. The highest BCUT2D eigenvalue weighted by molar-refractivity contribution is 7.90. The quantitative estimate of drug-likeness (QED) is 0.800. The predicted octanol–water partition coefficient (Wildman–Crippen LogP) is 2.06. The largest absolute Gasteiger partial charge is 0.324 e. The molecule has 1 aromatic rings. The van der Waals surface area contributed by atoms with Gasteiger partial charge < -0.3 is 5.73 Å². The van der Waals surface area contributed by atoms with Crippen LogP contribution in [-0.2, 0) is 9.84 Å². The number of hydrogen-bond acceptors (Lipinski definition) is 3. The molecule has 1 aromatic carbocycles. The zero-order valence-corrected chi connectivity index (χ0v) is 10.2. The predicted molar refractivity (Wildman–Crippen MR) is 65.9 cm³/mol. The normalized spacial score (nSPS) is 13.4. The third-order valence-electron chi connectivity index (χ3n) is 2.42. The van der Waals surface area contributed by atoms with E-state index < -0.39 is 9.84 Å². The van der Waals surface area contributed by atoms with Crippen LogP contribution in [0.1, 0.15) is 24.4 Å². The first-order valence-corrected chi connectivity index (χ1v) is 7.01. The first kappa shape index (κ1) is 12.9. The van der Waals surface area contributed by atoms with Crippen LogP contribution in [0.25, 0.3) is 0 Å². The van der Waals surface area contributed by atoms with Gasteiger partial charge in [-0.2, -0.15) is 0 Å². The summed E-state index contributed by atoms with van der Waals surface area (Å²) in [6.07, 6.45) is 4.70. The van der Waals surface area contributed by atoms with Crippen molar-refractivity contribution in [1.29, 1.82) is 0 Å². The van der Waals surface area contributed by atoms with Gasteiger partial charge in [0.2, 0.25) is 0 Å². The van der Waals surface area contributed by atoms with E-state index >= 15 is 0 Å². The van der Waals surface area contributed by atoms with Gasteiger partial charge in [-0.3, -0.25) is 0 Å². The first-order valence-electron chi connectivity index (χ1n) is 5.11. The van der Waals surface area contributed by atoms with E-state index in [4.69, 9.17) is 5.73 Å². The molecule has 0 aliphatic carbocycles. The lowest BCUT2D eigenvalue weighted by atomic mass is 10.0. The molecular formula is C12H17NO2S. The Balaban J connectivity index is 2.82. The van der Waals surface area contributed by atoms with E-state index in [2.05, 4.69) is 6.58 Å². The topological polar surface area (TPSA) is 60.2 Å². The summed E-state index contributed by atoms with van der Waals surface area (Å²) >= 11 is 0. The minimum absolute atomic E-state index is 0.0633. The van der Waals surface area contributed by atoms with Crippen molar-refractivity contribution in [2.75, 3.05) is 6.26 Å². The molecule has 1 atom stereocenters. The fourth-order valence-electron chi connectivity index (χ4n) is 1.43. The van der Waals surface area contributed by atoms with Gasteiger partial charge in [-0.25, -0.2) is 8.42 Å². The molecule has 0 fully saturated rings. The average Bonchev–Trinajstić information content (AvgIpc) is 2.25. The van der Waals surface area contributed by atoms with Gasteiger partial charge in [0, 0.05) is 12.3 Å². The van der Waals surface area contributed by atoms with Gasteiger partial charge in [0.1, 0.15) is 0 Å². The van der Waals surface area contributed by atoms with Crippen LogP contribution in [0.4, 0.5) is 0 Å². The number of rotatable bonds is 5. The molecule has 0 aliphatic heterocycles. The molecule has 0 heterocycles. The van der Waals surface area contributed by atoms with Gasteiger partial charge in [-0.15, -0.1) is 6.58 Å². The minimum Gasteiger partial charge on any atom is -0.324 e. The fourth-order valence-corrected chi connectivity index (χ4v) is 2.06. The second kappa shape index (κ2) is 5.27. The van der Waals surface area contributed by atoms with Crippen molar-refractivity contribution in [3.8, 4) is 0 Å². The Kier molecular flexibility index (Phi) is 4.26. The van der Waals surface area contributed by atoms with Crippen molar-refractivity contribution in [3.63, 3.8) is 0 Å². The Morgan fingerprint density at radius 1 is 1.38 bits per heavy atom. The summed E-state index contributed by atoms with van der Waals surface area (Å²) in [6.45, 7) is 3.64. The summed E-state index contributed by atoms with van der Waals surface area (Å²) in [6, 6.07) is 6.66. The lowest BCUT2D eigenvalue weighted by Crippen LogP contribution is -2.10. The Hall–Kier alpha value is -1.13. The second-order valence-electron chi connectivity index (χ2n) is 3.81. The minimum atomic E-state index is -3.12. The molecule has 0 amide bonds. The Morgan fingerprint density at radius 3 is 2.38 bits per heavy atom. The lowest BCUT2D eigenvalue weighted by molar-refractivity contribution is 0.601. The van der Waals surface area contributed by atoms with Crippen molar-refractivity contribution in [1.82, 2.24) is 0 Å². The molecule has 2 N–H and O–H groups in total. The van der Waals surface area contributed by atoms with Crippen molar-refractivity contribution in [2.45, 2.75) is 23.8 Å². The average molecular weight is 239 g/mol. The second-order valence-corrected chi connectivity index (χ2v) is 5.83. The smallest absolute Gasteiger partial charge is 0.175 e. The van der Waals surface area contributed by atoms with Crippen LogP contribution in [0.15, 0.2) is 41.8 Å². The van der Waals surface area contributed by atoms with Crippen LogP contribution in [0.5, 0.6) is 0 Å². The molecule has 0 radical (unpaired) electrons. The molecule has 0 unspecified atom stereocenters. The Bertz CT molecular complexity index is 448. The maximum absolute atomic E-state index is 11.2. The van der Waals surface area contributed by atoms with Crippen molar-refractivity contribution >= 4 is 9.84 Å². The summed E-state index contributed by atoms with van der Waals surface area (Å²) in [7, 11) is -3.12. The summed E-state index contributed by atoms with van der Waals surface area (Å²) in [5.74, 6) is 0. The highest BCUT2D eigenvalue weighted by atomic mass is 32.2. The molecule has 3 nitrogen and oxygen atoms in total. The lowest BCUT2D eigenvalue weighted by Gasteiger charge is -2.10. The van der Waals surface area contributed by atoms with Crippen LogP contribution >= 0.6 is 0 Å². The maximum Gasteiger partial charge on any atom is 0.175 e. The van der Waals surface area contributed by atoms with Crippen LogP contribution in [0.3, 0.4) is 0 Å². The number of nitrogens with two attached hydrogens (primary N) is 1. The van der Waals surface area contributed by atoms with Crippen LogP contribution < -0.4 is 5.73 Å². The Labute approximate surface area is 96.9 Å². The molecule has 0 aliphatic rings. The number of benzene rings is 1. The summed E-state index contributed by atoms with van der Waals surface area (Å²) < 4.78 is 22.5. The molecule has 16 heavy (non-hydrogen) atoms. The zero-order chi connectivity index (χ0) is 12.2. The molecule has 0 saturated heterocycles. The van der Waals surface area contributed by atoms with E-state index in [-0.39, 0.29) is 6.04 Å². The van der Waals surface area contributed by atoms with Gasteiger partial charge in [0.05, 0.1) is 4.90 Å². The van der Waals surface area contributed by atoms with E-state index in [1.165, 1.54) is 6.26 Å². The number of allylic oxidation sites excluding steroid dienone is 1. The van der Waals surface area contributed by atoms with Gasteiger partial charge in [-0.05, 0) is 30.5 Å². The summed E-state index contributed by atoms with van der Waals surface area (Å²) in [5, 5.41) is 0. The number of sulfone groups is 1. The van der Waals surface area contributed by atoms with E-state index in [1.807, 2.05) is 6.08 Å². The molecule has 0 aromatic heterocycles. The highest BCUT2D eigenvalue weighted by Crippen LogP contribution is 2.18. The SMILES string of the molecule is C=CCC[C@@H](N)c1ccc(S(C)(=O)=O)cc1. The van der Waals surface area contributed by atoms with E-state index in [0.717, 1.165) is 18.4 Å². The van der Waals surface area contributed by atoms with Crippen LogP contribution in [0, 0.1) is 0 Å². The summed E-state index contributed by atoms with van der Waals surface area (Å²) in [5.41, 5.74) is 6.90. The van der Waals surface area contributed by atoms with E-state index in [1.54, 1.807) is 24.3 Å². The van der Waals surface area contributed by atoms with Crippen LogP contribution in [0.2, 0.25) is 0 Å². The fraction of sp³-hybridized carbons (Fsp3) is 0.333. The molecule has 88 valence electrons. The molecular weight excluding hydrogens is 222 g/mol. The molecule has 4 heteroatoms. The monoisotopic (exact) mass is 239 g/mol.